The molecule has 0 spiro atoms. The van der Waals surface area contributed by atoms with Gasteiger partial charge in [-0.05, 0) is 30.9 Å². The minimum Gasteiger partial charge on any atom is -0.366 e. The summed E-state index contributed by atoms with van der Waals surface area (Å²) in [5, 5.41) is 2.39. The van der Waals surface area contributed by atoms with Crippen LogP contribution in [0.1, 0.15) is 41.8 Å². The molecule has 1 aliphatic carbocycles. The molecule has 0 aromatic carbocycles. The molecule has 0 radical (unpaired) electrons. The lowest BCUT2D eigenvalue weighted by molar-refractivity contribution is -0.139. The van der Waals surface area contributed by atoms with Crippen LogP contribution < -0.4 is 5.32 Å². The average molecular weight is 507 g/mol. The van der Waals surface area contributed by atoms with Crippen molar-refractivity contribution in [2.24, 2.45) is 5.92 Å². The molecule has 4 atom stereocenters. The molecule has 34 heavy (non-hydrogen) atoms. The van der Waals surface area contributed by atoms with Crippen LogP contribution in [0.25, 0.3) is 10.6 Å². The molecule has 8 nitrogen and oxygen atoms in total. The van der Waals surface area contributed by atoms with E-state index in [0.29, 0.717) is 5.69 Å². The van der Waals surface area contributed by atoms with E-state index in [4.69, 9.17) is 16.3 Å². The molecule has 2 amide bonds. The van der Waals surface area contributed by atoms with Gasteiger partial charge in [0.05, 0.1) is 20.8 Å². The van der Waals surface area contributed by atoms with Crippen LogP contribution in [0.5, 0.6) is 0 Å². The van der Waals surface area contributed by atoms with Crippen molar-refractivity contribution in [1.82, 2.24) is 20.2 Å². The number of nitrogens with one attached hydrogen (secondary N) is 1. The minimum absolute atomic E-state index is 0.0664. The Bertz CT molecular complexity index is 1090. The van der Waals surface area contributed by atoms with Crippen LogP contribution in [-0.4, -0.2) is 69.2 Å². The normalized spacial score (nSPS) is 25.9. The van der Waals surface area contributed by atoms with Crippen molar-refractivity contribution in [1.29, 1.82) is 0 Å². The first-order valence-corrected chi connectivity index (χ1v) is 12.6. The number of likely N-dealkylation sites (tertiary alicyclic amines) is 1. The third-order valence-electron chi connectivity index (χ3n) is 6.80. The number of ketones is 1. The van der Waals surface area contributed by atoms with Crippen LogP contribution in [0.15, 0.2) is 24.7 Å². The van der Waals surface area contributed by atoms with Gasteiger partial charge in [-0.2, -0.15) is 0 Å². The van der Waals surface area contributed by atoms with Crippen LogP contribution in [0, 0.1) is 11.7 Å². The molecule has 4 heterocycles. The van der Waals surface area contributed by atoms with E-state index in [1.807, 2.05) is 0 Å². The zero-order valence-electron chi connectivity index (χ0n) is 18.3. The molecule has 2 saturated heterocycles. The molecule has 11 heteroatoms. The van der Waals surface area contributed by atoms with E-state index in [0.717, 1.165) is 49.5 Å². The van der Waals surface area contributed by atoms with Gasteiger partial charge in [-0.15, -0.1) is 22.9 Å². The predicted molar refractivity (Wildman–Crippen MR) is 123 cm³/mol. The fraction of sp³-hybridized carbons (Fsp3) is 0.522. The summed E-state index contributed by atoms with van der Waals surface area (Å²) in [4.78, 5) is 49.0. The molecule has 180 valence electrons. The van der Waals surface area contributed by atoms with E-state index in [-0.39, 0.29) is 40.5 Å². The number of carbonyl (C=O) groups is 3. The summed E-state index contributed by atoms with van der Waals surface area (Å²) in [7, 11) is 0. The number of Topliss-reactive ketones (excluding diaryl/α,β-unsaturated/α-hetero) is 1. The monoisotopic (exact) mass is 506 g/mol. The number of fused-ring (bicyclic) bond motifs is 1. The van der Waals surface area contributed by atoms with Crippen molar-refractivity contribution < 1.29 is 23.5 Å². The van der Waals surface area contributed by atoms with Crippen molar-refractivity contribution in [3.63, 3.8) is 0 Å². The maximum atomic E-state index is 14.6. The maximum absolute atomic E-state index is 14.6. The van der Waals surface area contributed by atoms with Gasteiger partial charge in [0.1, 0.15) is 36.9 Å². The number of carbonyl (C=O) groups excluding carboxylic acids is 3. The van der Waals surface area contributed by atoms with Gasteiger partial charge in [0.15, 0.2) is 5.78 Å². The summed E-state index contributed by atoms with van der Waals surface area (Å²) in [6.07, 6.45) is 6.87. The molecule has 5 rings (SSSR count). The number of ether oxygens (including phenoxy) is 1. The van der Waals surface area contributed by atoms with Crippen molar-refractivity contribution in [3.05, 3.63) is 35.4 Å². The summed E-state index contributed by atoms with van der Waals surface area (Å²) in [6.45, 7) is 0.120. The second kappa shape index (κ2) is 9.67. The predicted octanol–water partition coefficient (Wildman–Crippen LogP) is 2.81. The Labute approximate surface area is 204 Å². The van der Waals surface area contributed by atoms with Gasteiger partial charge in [0.2, 0.25) is 5.91 Å². The highest BCUT2D eigenvalue weighted by molar-refractivity contribution is 7.17. The van der Waals surface area contributed by atoms with Gasteiger partial charge in [-0.25, -0.2) is 14.4 Å². The summed E-state index contributed by atoms with van der Waals surface area (Å²) in [5.41, 5.74) is 0.382. The Balaban J connectivity index is 1.39. The fourth-order valence-corrected chi connectivity index (χ4v) is 6.42. The number of rotatable bonds is 5. The molecule has 0 bridgehead atoms. The smallest absolute Gasteiger partial charge is 0.262 e. The zero-order chi connectivity index (χ0) is 23.8. The lowest BCUT2D eigenvalue weighted by Gasteiger charge is -2.34. The van der Waals surface area contributed by atoms with E-state index in [9.17, 15) is 18.8 Å². The number of hydrogen-bond acceptors (Lipinski definition) is 7. The average Bonchev–Trinajstić information content (AvgIpc) is 3.53. The Kier molecular flexibility index (Phi) is 6.63. The molecule has 3 aliphatic rings. The summed E-state index contributed by atoms with van der Waals surface area (Å²) >= 11 is 7.35. The van der Waals surface area contributed by atoms with Gasteiger partial charge in [-0.1, -0.05) is 19.3 Å². The number of alkyl halides is 1. The SMILES string of the molecule is O=C(N[C@H](C(=O)N1C[C@H](Cl)[C@H]2OCC(=O)[C@H]21)C1CCCCC1)c1cc(F)c(-c2ccncn2)s1. The first kappa shape index (κ1) is 23.3. The molecular weight excluding hydrogens is 483 g/mol. The lowest BCUT2D eigenvalue weighted by atomic mass is 9.83. The van der Waals surface area contributed by atoms with Crippen molar-refractivity contribution in [2.75, 3.05) is 13.2 Å². The van der Waals surface area contributed by atoms with E-state index >= 15 is 0 Å². The van der Waals surface area contributed by atoms with E-state index in [1.165, 1.54) is 17.4 Å². The third-order valence-corrected chi connectivity index (χ3v) is 8.32. The molecule has 1 saturated carbocycles. The molecule has 3 fully saturated rings. The number of thiophene rings is 1. The molecule has 2 aromatic heterocycles. The highest BCUT2D eigenvalue weighted by atomic mass is 35.5. The van der Waals surface area contributed by atoms with Crippen molar-refractivity contribution in [3.8, 4) is 10.6 Å². The Hall–Kier alpha value is -2.43. The van der Waals surface area contributed by atoms with Crippen molar-refractivity contribution >= 4 is 40.5 Å². The van der Waals surface area contributed by atoms with E-state index in [1.54, 1.807) is 6.07 Å². The highest BCUT2D eigenvalue weighted by Crippen LogP contribution is 2.35. The number of nitrogens with zero attached hydrogens (tertiary/aromatic N) is 3. The summed E-state index contributed by atoms with van der Waals surface area (Å²) in [5.74, 6) is -1.66. The van der Waals surface area contributed by atoms with E-state index < -0.39 is 35.3 Å². The lowest BCUT2D eigenvalue weighted by Crippen LogP contribution is -2.55. The van der Waals surface area contributed by atoms with Crippen LogP contribution >= 0.6 is 22.9 Å². The van der Waals surface area contributed by atoms with E-state index in [2.05, 4.69) is 15.3 Å². The number of halogens is 2. The molecule has 2 aromatic rings. The van der Waals surface area contributed by atoms with Crippen molar-refractivity contribution in [2.45, 2.75) is 55.7 Å². The second-order valence-electron chi connectivity index (χ2n) is 8.92. The number of aromatic nitrogens is 2. The quantitative estimate of drug-likeness (QED) is 0.626. The van der Waals surface area contributed by atoms with Crippen LogP contribution in [0.2, 0.25) is 0 Å². The Morgan fingerprint density at radius 2 is 2.09 bits per heavy atom. The number of amides is 2. The number of hydrogen-bond donors (Lipinski definition) is 1. The minimum atomic E-state index is -0.823. The second-order valence-corrected chi connectivity index (χ2v) is 10.5. The molecular formula is C23H24ClFN4O4S. The van der Waals surface area contributed by atoms with Gasteiger partial charge >= 0.3 is 0 Å². The van der Waals surface area contributed by atoms with Gasteiger partial charge in [-0.3, -0.25) is 14.4 Å². The van der Waals surface area contributed by atoms with Gasteiger partial charge in [0, 0.05) is 12.7 Å². The Morgan fingerprint density at radius 1 is 1.29 bits per heavy atom. The molecule has 0 unspecified atom stereocenters. The summed E-state index contributed by atoms with van der Waals surface area (Å²) in [6, 6.07) is 1.19. The topological polar surface area (TPSA) is 101 Å². The fourth-order valence-electron chi connectivity index (χ4n) is 5.14. The largest absolute Gasteiger partial charge is 0.366 e. The first-order chi connectivity index (χ1) is 16.4. The first-order valence-electron chi connectivity index (χ1n) is 11.4. The van der Waals surface area contributed by atoms with Gasteiger partial charge in [0.25, 0.3) is 5.91 Å². The highest BCUT2D eigenvalue weighted by Gasteiger charge is 2.53. The zero-order valence-corrected chi connectivity index (χ0v) is 19.9. The third kappa shape index (κ3) is 4.34. The molecule has 2 aliphatic heterocycles. The van der Waals surface area contributed by atoms with Crippen LogP contribution in [0.4, 0.5) is 4.39 Å². The van der Waals surface area contributed by atoms with Crippen LogP contribution in [-0.2, 0) is 14.3 Å². The molecule has 1 N–H and O–H groups in total. The Morgan fingerprint density at radius 3 is 2.82 bits per heavy atom. The van der Waals surface area contributed by atoms with Crippen LogP contribution in [0.3, 0.4) is 0 Å². The maximum Gasteiger partial charge on any atom is 0.262 e. The summed E-state index contributed by atoms with van der Waals surface area (Å²) < 4.78 is 20.1. The standard InChI is InChI=1S/C23H24ClFN4O4S/c24-13-9-29(19-16(30)10-33-20(13)19)23(32)18(12-4-2-1-3-5-12)28-22(31)17-8-14(25)21(34-17)15-6-7-26-11-27-15/h6-8,11-13,18-20H,1-5,9-10H2,(H,28,31)/t13-,18-,19+,20+/m0/s1. The van der Waals surface area contributed by atoms with Gasteiger partial charge < -0.3 is 15.0 Å².